The number of hydrogen-bond donors (Lipinski definition) is 1. The van der Waals surface area contributed by atoms with E-state index in [-0.39, 0.29) is 12.0 Å². The highest BCUT2D eigenvalue weighted by atomic mass is 35.5. The second kappa shape index (κ2) is 13.4. The molecule has 0 spiro atoms. The number of carbonyl (C=O) groups excluding carboxylic acids is 1. The number of benzene rings is 2. The summed E-state index contributed by atoms with van der Waals surface area (Å²) in [5.74, 6) is -0.745. The topological polar surface area (TPSA) is 86.6 Å². The van der Waals surface area contributed by atoms with Crippen molar-refractivity contribution in [2.24, 2.45) is 5.92 Å². The minimum atomic E-state index is -1.08. The maximum Gasteiger partial charge on any atom is 0.323 e. The van der Waals surface area contributed by atoms with Crippen LogP contribution >= 0.6 is 23.2 Å². The fourth-order valence-corrected chi connectivity index (χ4v) is 4.35. The van der Waals surface area contributed by atoms with Crippen LogP contribution in [0.4, 0.5) is 5.95 Å². The van der Waals surface area contributed by atoms with Gasteiger partial charge in [0.15, 0.2) is 0 Å². The number of amides is 1. The van der Waals surface area contributed by atoms with Crippen molar-refractivity contribution < 1.29 is 14.7 Å². The molecule has 0 aliphatic carbocycles. The Labute approximate surface area is 228 Å². The molecule has 2 aromatic carbocycles. The Morgan fingerprint density at radius 2 is 1.68 bits per heavy atom. The number of carbonyl (C=O) groups is 2. The van der Waals surface area contributed by atoms with Crippen LogP contribution < -0.4 is 4.90 Å². The van der Waals surface area contributed by atoms with Crippen molar-refractivity contribution in [3.05, 3.63) is 87.2 Å². The highest BCUT2D eigenvalue weighted by Crippen LogP contribution is 2.28. The summed E-state index contributed by atoms with van der Waals surface area (Å²) >= 11 is 12.9. The average Bonchev–Trinajstić information content (AvgIpc) is 2.87. The summed E-state index contributed by atoms with van der Waals surface area (Å²) in [5, 5.41) is 10.4. The zero-order chi connectivity index (χ0) is 26.9. The first kappa shape index (κ1) is 28.4. The molecule has 0 atom stereocenters. The molecule has 1 N–H and O–H groups in total. The first-order chi connectivity index (χ1) is 17.7. The lowest BCUT2D eigenvalue weighted by Crippen LogP contribution is -2.37. The van der Waals surface area contributed by atoms with Gasteiger partial charge in [0.05, 0.1) is 11.3 Å². The highest BCUT2D eigenvalue weighted by molar-refractivity contribution is 6.36. The zero-order valence-electron chi connectivity index (χ0n) is 21.3. The smallest absolute Gasteiger partial charge is 0.323 e. The molecule has 3 rings (SSSR count). The SMILES string of the molecule is CC(C)CCN(CC(=O)O)C(=O)c1cnc(N(C)CCc2ccccc2)nc1Cc1c(Cl)cccc1Cl. The third-order valence-electron chi connectivity index (χ3n) is 6.00. The van der Waals surface area contributed by atoms with E-state index >= 15 is 0 Å². The van der Waals surface area contributed by atoms with Gasteiger partial charge in [-0.1, -0.05) is 73.4 Å². The van der Waals surface area contributed by atoms with Crippen LogP contribution in [0.1, 0.15) is 47.4 Å². The molecule has 1 amide bonds. The summed E-state index contributed by atoms with van der Waals surface area (Å²) in [6, 6.07) is 15.3. The summed E-state index contributed by atoms with van der Waals surface area (Å²) in [7, 11) is 1.89. The molecule has 1 aromatic heterocycles. The van der Waals surface area contributed by atoms with Gasteiger partial charge in [-0.05, 0) is 42.0 Å². The van der Waals surface area contributed by atoms with Crippen molar-refractivity contribution in [2.75, 3.05) is 31.6 Å². The van der Waals surface area contributed by atoms with Crippen LogP contribution in [0.5, 0.6) is 0 Å². The van der Waals surface area contributed by atoms with Crippen LogP contribution in [-0.4, -0.2) is 58.5 Å². The Bertz CT molecular complexity index is 1200. The van der Waals surface area contributed by atoms with E-state index in [9.17, 15) is 14.7 Å². The predicted octanol–water partition coefficient (Wildman–Crippen LogP) is 5.63. The van der Waals surface area contributed by atoms with Gasteiger partial charge in [0, 0.05) is 42.8 Å². The van der Waals surface area contributed by atoms with Gasteiger partial charge in [-0.15, -0.1) is 0 Å². The summed E-state index contributed by atoms with van der Waals surface area (Å²) in [4.78, 5) is 37.6. The third kappa shape index (κ3) is 8.17. The van der Waals surface area contributed by atoms with E-state index in [0.717, 1.165) is 6.42 Å². The van der Waals surface area contributed by atoms with Crippen LogP contribution in [0.3, 0.4) is 0 Å². The van der Waals surface area contributed by atoms with Gasteiger partial charge in [-0.2, -0.15) is 0 Å². The lowest BCUT2D eigenvalue weighted by Gasteiger charge is -2.24. The molecule has 3 aromatic rings. The van der Waals surface area contributed by atoms with Gasteiger partial charge in [0.2, 0.25) is 5.95 Å². The molecule has 0 fully saturated rings. The Hall–Kier alpha value is -3.16. The predicted molar refractivity (Wildman–Crippen MR) is 148 cm³/mol. The first-order valence-electron chi connectivity index (χ1n) is 12.2. The van der Waals surface area contributed by atoms with Crippen molar-refractivity contribution in [2.45, 2.75) is 33.1 Å². The maximum atomic E-state index is 13.6. The number of likely N-dealkylation sites (N-methyl/N-ethyl adjacent to an activating group) is 1. The van der Waals surface area contributed by atoms with E-state index < -0.39 is 18.4 Å². The van der Waals surface area contributed by atoms with Gasteiger partial charge in [0.1, 0.15) is 6.54 Å². The van der Waals surface area contributed by atoms with Crippen molar-refractivity contribution in [3.8, 4) is 0 Å². The van der Waals surface area contributed by atoms with Crippen LogP contribution in [0.25, 0.3) is 0 Å². The quantitative estimate of drug-likeness (QED) is 0.319. The molecule has 196 valence electrons. The third-order valence-corrected chi connectivity index (χ3v) is 6.71. The zero-order valence-corrected chi connectivity index (χ0v) is 22.8. The summed E-state index contributed by atoms with van der Waals surface area (Å²) < 4.78 is 0. The van der Waals surface area contributed by atoms with Crippen LogP contribution in [0.2, 0.25) is 10.0 Å². The molecule has 0 bridgehead atoms. The maximum absolute atomic E-state index is 13.6. The number of rotatable bonds is 12. The van der Waals surface area contributed by atoms with Crippen LogP contribution in [0, 0.1) is 5.92 Å². The molecule has 0 aliphatic rings. The van der Waals surface area contributed by atoms with Gasteiger partial charge < -0.3 is 14.9 Å². The average molecular weight is 543 g/mol. The number of hydrogen-bond acceptors (Lipinski definition) is 5. The summed E-state index contributed by atoms with van der Waals surface area (Å²) in [6.07, 6.45) is 3.15. The molecular formula is C28H32Cl2N4O3. The van der Waals surface area contributed by atoms with Crippen molar-refractivity contribution in [1.29, 1.82) is 0 Å². The van der Waals surface area contributed by atoms with Crippen molar-refractivity contribution in [1.82, 2.24) is 14.9 Å². The molecule has 7 nitrogen and oxygen atoms in total. The lowest BCUT2D eigenvalue weighted by molar-refractivity contribution is -0.137. The molecule has 1 heterocycles. The Morgan fingerprint density at radius 3 is 2.30 bits per heavy atom. The largest absolute Gasteiger partial charge is 0.480 e. The number of anilines is 1. The van der Waals surface area contributed by atoms with Crippen molar-refractivity contribution >= 4 is 41.0 Å². The fourth-order valence-electron chi connectivity index (χ4n) is 3.81. The van der Waals surface area contributed by atoms with E-state index in [1.165, 1.54) is 16.7 Å². The number of carboxylic acids is 1. The number of aliphatic carboxylic acids is 1. The second-order valence-corrected chi connectivity index (χ2v) is 10.2. The standard InChI is InChI=1S/C28H32Cl2N4O3/c1-19(2)12-15-34(18-26(35)36)27(37)22-17-31-28(33(3)14-13-20-8-5-4-6-9-20)32-25(22)16-21-23(29)10-7-11-24(21)30/h4-11,17,19H,12-16,18H2,1-3H3,(H,35,36). The number of nitrogens with zero attached hydrogens (tertiary/aromatic N) is 4. The lowest BCUT2D eigenvalue weighted by atomic mass is 10.0. The Morgan fingerprint density at radius 1 is 1.00 bits per heavy atom. The number of halogens is 2. The molecule has 37 heavy (non-hydrogen) atoms. The fraction of sp³-hybridized carbons (Fsp3) is 0.357. The number of aromatic nitrogens is 2. The minimum absolute atomic E-state index is 0.201. The molecule has 0 unspecified atom stereocenters. The monoisotopic (exact) mass is 542 g/mol. The molecule has 0 saturated heterocycles. The van der Waals surface area contributed by atoms with E-state index in [0.29, 0.717) is 52.7 Å². The second-order valence-electron chi connectivity index (χ2n) is 9.37. The normalized spacial score (nSPS) is 11.0. The Balaban J connectivity index is 1.96. The number of carboxylic acid groups (broad SMARTS) is 1. The van der Waals surface area contributed by atoms with E-state index in [1.54, 1.807) is 18.2 Å². The molecular weight excluding hydrogens is 511 g/mol. The van der Waals surface area contributed by atoms with E-state index in [4.69, 9.17) is 28.2 Å². The van der Waals surface area contributed by atoms with E-state index in [2.05, 4.69) is 17.1 Å². The molecule has 9 heteroatoms. The van der Waals surface area contributed by atoms with Gasteiger partial charge in [0.25, 0.3) is 5.91 Å². The summed E-state index contributed by atoms with van der Waals surface area (Å²) in [6.45, 7) is 4.63. The van der Waals surface area contributed by atoms with Gasteiger partial charge >= 0.3 is 5.97 Å². The molecule has 0 radical (unpaired) electrons. The first-order valence-corrected chi connectivity index (χ1v) is 13.0. The Kier molecular flexibility index (Phi) is 10.3. The van der Waals surface area contributed by atoms with Crippen LogP contribution in [-0.2, 0) is 17.6 Å². The molecule has 0 aliphatic heterocycles. The minimum Gasteiger partial charge on any atom is -0.480 e. The van der Waals surface area contributed by atoms with E-state index in [1.807, 2.05) is 44.0 Å². The molecule has 0 saturated carbocycles. The van der Waals surface area contributed by atoms with Crippen molar-refractivity contribution in [3.63, 3.8) is 0 Å². The van der Waals surface area contributed by atoms with Crippen LogP contribution in [0.15, 0.2) is 54.7 Å². The highest BCUT2D eigenvalue weighted by Gasteiger charge is 2.24. The van der Waals surface area contributed by atoms with Gasteiger partial charge in [-0.25, -0.2) is 9.97 Å². The summed E-state index contributed by atoms with van der Waals surface area (Å²) in [5.41, 5.74) is 2.51. The van der Waals surface area contributed by atoms with Gasteiger partial charge in [-0.3, -0.25) is 9.59 Å².